The number of carbonyl (C=O) groups is 1. The van der Waals surface area contributed by atoms with E-state index in [2.05, 4.69) is 0 Å². The SMILES string of the molecule is COc1ccsc1C(=O)C#N. The minimum Gasteiger partial charge on any atom is -0.495 e. The van der Waals surface area contributed by atoms with E-state index < -0.39 is 5.78 Å². The van der Waals surface area contributed by atoms with E-state index in [0.29, 0.717) is 10.6 Å². The third kappa shape index (κ3) is 1.38. The Labute approximate surface area is 67.8 Å². The van der Waals surface area contributed by atoms with Gasteiger partial charge in [0.15, 0.2) is 0 Å². The van der Waals surface area contributed by atoms with Crippen LogP contribution in [0.25, 0.3) is 0 Å². The van der Waals surface area contributed by atoms with Gasteiger partial charge in [-0.1, -0.05) is 0 Å². The highest BCUT2D eigenvalue weighted by Crippen LogP contribution is 2.24. The van der Waals surface area contributed by atoms with Gasteiger partial charge in [0.1, 0.15) is 16.7 Å². The van der Waals surface area contributed by atoms with E-state index in [-0.39, 0.29) is 0 Å². The number of hydrogen-bond donors (Lipinski definition) is 0. The molecular formula is C7H5NO2S. The number of nitrogens with zero attached hydrogens (tertiary/aromatic N) is 1. The van der Waals surface area contributed by atoms with Crippen molar-refractivity contribution in [3.05, 3.63) is 16.3 Å². The lowest BCUT2D eigenvalue weighted by atomic mass is 10.3. The van der Waals surface area contributed by atoms with Gasteiger partial charge in [0.25, 0.3) is 5.78 Å². The van der Waals surface area contributed by atoms with Crippen LogP contribution in [0.5, 0.6) is 5.75 Å². The summed E-state index contributed by atoms with van der Waals surface area (Å²) in [7, 11) is 1.47. The summed E-state index contributed by atoms with van der Waals surface area (Å²) in [5, 5.41) is 9.99. The van der Waals surface area contributed by atoms with Crippen molar-refractivity contribution in [2.75, 3.05) is 7.11 Å². The van der Waals surface area contributed by atoms with Gasteiger partial charge in [0, 0.05) is 0 Å². The van der Waals surface area contributed by atoms with Crippen LogP contribution in [0.4, 0.5) is 0 Å². The fourth-order valence-electron chi connectivity index (χ4n) is 0.675. The van der Waals surface area contributed by atoms with Gasteiger partial charge in [0.05, 0.1) is 7.11 Å². The fourth-order valence-corrected chi connectivity index (χ4v) is 1.42. The van der Waals surface area contributed by atoms with E-state index in [1.807, 2.05) is 0 Å². The van der Waals surface area contributed by atoms with Crippen LogP contribution in [0, 0.1) is 11.3 Å². The molecule has 3 nitrogen and oxygen atoms in total. The molecule has 0 saturated carbocycles. The van der Waals surface area contributed by atoms with Crippen molar-refractivity contribution >= 4 is 17.1 Å². The molecule has 0 atom stereocenters. The first kappa shape index (κ1) is 7.76. The lowest BCUT2D eigenvalue weighted by molar-refractivity contribution is 0.105. The molecule has 0 bridgehead atoms. The Bertz CT molecular complexity index is 310. The summed E-state index contributed by atoms with van der Waals surface area (Å²) in [4.78, 5) is 11.2. The van der Waals surface area contributed by atoms with Crippen LogP contribution in [0.1, 0.15) is 9.67 Å². The summed E-state index contributed by atoms with van der Waals surface area (Å²) in [6.07, 6.45) is 0. The van der Waals surface area contributed by atoms with Crippen LogP contribution in [0.3, 0.4) is 0 Å². The number of Topliss-reactive ketones (excluding diaryl/α,β-unsaturated/α-hetero) is 1. The van der Waals surface area contributed by atoms with E-state index in [4.69, 9.17) is 10.00 Å². The van der Waals surface area contributed by atoms with Gasteiger partial charge in [-0.25, -0.2) is 0 Å². The van der Waals surface area contributed by atoms with Crippen molar-refractivity contribution in [3.8, 4) is 11.8 Å². The molecule has 11 heavy (non-hydrogen) atoms. The zero-order valence-corrected chi connectivity index (χ0v) is 6.64. The number of thiophene rings is 1. The summed E-state index contributed by atoms with van der Waals surface area (Å²) in [6, 6.07) is 3.20. The predicted molar refractivity (Wildman–Crippen MR) is 40.8 cm³/mol. The average molecular weight is 167 g/mol. The maximum absolute atomic E-state index is 10.8. The standard InChI is InChI=1S/C7H5NO2S/c1-10-6-2-3-11-7(6)5(9)4-8/h2-3H,1H3. The van der Waals surface area contributed by atoms with Crippen molar-refractivity contribution in [2.24, 2.45) is 0 Å². The number of nitriles is 1. The summed E-state index contributed by atoms with van der Waals surface area (Å²) in [5.74, 6) is -0.0709. The van der Waals surface area contributed by atoms with Gasteiger partial charge in [-0.2, -0.15) is 5.26 Å². The first-order valence-electron chi connectivity index (χ1n) is 2.85. The first-order valence-corrected chi connectivity index (χ1v) is 3.73. The average Bonchev–Trinajstić information content (AvgIpc) is 2.50. The number of hydrogen-bond acceptors (Lipinski definition) is 4. The minimum absolute atomic E-state index is 0.370. The Balaban J connectivity index is 3.04. The Morgan fingerprint density at radius 3 is 3.09 bits per heavy atom. The quantitative estimate of drug-likeness (QED) is 0.495. The van der Waals surface area contributed by atoms with Crippen LogP contribution in [0.2, 0.25) is 0 Å². The fraction of sp³-hybridized carbons (Fsp3) is 0.143. The molecule has 1 aromatic rings. The highest BCUT2D eigenvalue weighted by atomic mass is 32.1. The van der Waals surface area contributed by atoms with Crippen LogP contribution >= 0.6 is 11.3 Å². The Hall–Kier alpha value is -1.34. The minimum atomic E-state index is -0.545. The first-order chi connectivity index (χ1) is 5.29. The summed E-state index contributed by atoms with van der Waals surface area (Å²) < 4.78 is 4.85. The molecular weight excluding hydrogens is 162 g/mol. The highest BCUT2D eigenvalue weighted by molar-refractivity contribution is 7.12. The van der Waals surface area contributed by atoms with E-state index >= 15 is 0 Å². The van der Waals surface area contributed by atoms with E-state index in [9.17, 15) is 4.79 Å². The normalized spacial score (nSPS) is 8.73. The number of carbonyl (C=O) groups excluding carboxylic acids is 1. The molecule has 0 aliphatic heterocycles. The molecule has 0 unspecified atom stereocenters. The molecule has 0 fully saturated rings. The molecule has 0 aliphatic carbocycles. The second kappa shape index (κ2) is 3.17. The van der Waals surface area contributed by atoms with Crippen molar-refractivity contribution in [1.29, 1.82) is 5.26 Å². The van der Waals surface area contributed by atoms with Crippen molar-refractivity contribution in [1.82, 2.24) is 0 Å². The molecule has 1 aromatic heterocycles. The molecule has 56 valence electrons. The lowest BCUT2D eigenvalue weighted by Crippen LogP contribution is -1.93. The highest BCUT2D eigenvalue weighted by Gasteiger charge is 2.11. The molecule has 0 radical (unpaired) electrons. The van der Waals surface area contributed by atoms with E-state index in [0.717, 1.165) is 0 Å². The largest absolute Gasteiger partial charge is 0.495 e. The summed E-state index contributed by atoms with van der Waals surface area (Å²) in [6.45, 7) is 0. The summed E-state index contributed by atoms with van der Waals surface area (Å²) >= 11 is 1.21. The van der Waals surface area contributed by atoms with Gasteiger partial charge < -0.3 is 4.74 Å². The van der Waals surface area contributed by atoms with Crippen LogP contribution < -0.4 is 4.74 Å². The molecule has 4 heteroatoms. The maximum Gasteiger partial charge on any atom is 0.275 e. The molecule has 0 spiro atoms. The molecule has 0 aromatic carbocycles. The zero-order valence-electron chi connectivity index (χ0n) is 5.83. The second-order valence-electron chi connectivity index (χ2n) is 1.76. The molecule has 0 saturated heterocycles. The number of rotatable bonds is 2. The van der Waals surface area contributed by atoms with Gasteiger partial charge in [-0.3, -0.25) is 4.79 Å². The zero-order chi connectivity index (χ0) is 8.27. The number of ketones is 1. The third-order valence-corrected chi connectivity index (χ3v) is 2.05. The monoisotopic (exact) mass is 167 g/mol. The Morgan fingerprint density at radius 2 is 2.55 bits per heavy atom. The van der Waals surface area contributed by atoms with Crippen molar-refractivity contribution in [3.63, 3.8) is 0 Å². The number of ether oxygens (including phenoxy) is 1. The third-order valence-electron chi connectivity index (χ3n) is 1.16. The lowest BCUT2D eigenvalue weighted by Gasteiger charge is -1.94. The van der Waals surface area contributed by atoms with Crippen LogP contribution in [-0.4, -0.2) is 12.9 Å². The predicted octanol–water partition coefficient (Wildman–Crippen LogP) is 1.46. The van der Waals surface area contributed by atoms with Crippen molar-refractivity contribution in [2.45, 2.75) is 0 Å². The molecule has 1 heterocycles. The molecule has 1 rings (SSSR count). The van der Waals surface area contributed by atoms with Gasteiger partial charge in [-0.05, 0) is 11.4 Å². The number of methoxy groups -OCH3 is 1. The van der Waals surface area contributed by atoms with Crippen molar-refractivity contribution < 1.29 is 9.53 Å². The molecule has 0 amide bonds. The molecule has 0 aliphatic rings. The Kier molecular flexibility index (Phi) is 2.24. The molecule has 0 N–H and O–H groups in total. The Morgan fingerprint density at radius 1 is 1.82 bits per heavy atom. The van der Waals surface area contributed by atoms with Gasteiger partial charge in [0.2, 0.25) is 0 Å². The van der Waals surface area contributed by atoms with Gasteiger partial charge >= 0.3 is 0 Å². The second-order valence-corrected chi connectivity index (χ2v) is 2.68. The van der Waals surface area contributed by atoms with Crippen LogP contribution in [0.15, 0.2) is 11.4 Å². The maximum atomic E-state index is 10.8. The van der Waals surface area contributed by atoms with Crippen LogP contribution in [-0.2, 0) is 0 Å². The summed E-state index contributed by atoms with van der Waals surface area (Å²) in [5.41, 5.74) is 0. The van der Waals surface area contributed by atoms with E-state index in [1.165, 1.54) is 24.5 Å². The van der Waals surface area contributed by atoms with Gasteiger partial charge in [-0.15, -0.1) is 11.3 Å². The topological polar surface area (TPSA) is 50.1 Å². The van der Waals surface area contributed by atoms with E-state index in [1.54, 1.807) is 11.4 Å². The smallest absolute Gasteiger partial charge is 0.275 e.